The summed E-state index contributed by atoms with van der Waals surface area (Å²) in [4.78, 5) is 27.2. The lowest BCUT2D eigenvalue weighted by atomic mass is 10.1. The Morgan fingerprint density at radius 3 is 2.27 bits per heavy atom. The van der Waals surface area contributed by atoms with E-state index in [0.29, 0.717) is 12.5 Å². The van der Waals surface area contributed by atoms with E-state index in [-0.39, 0.29) is 23.9 Å². The Labute approximate surface area is 156 Å². The molecule has 0 radical (unpaired) electrons. The van der Waals surface area contributed by atoms with Gasteiger partial charge in [-0.25, -0.2) is 4.99 Å². The van der Waals surface area contributed by atoms with Crippen LogP contribution in [0.2, 0.25) is 0 Å². The molecule has 0 bridgehead atoms. The summed E-state index contributed by atoms with van der Waals surface area (Å²) in [6.07, 6.45) is 0.805. The Bertz CT molecular complexity index is 618. The van der Waals surface area contributed by atoms with Gasteiger partial charge in [-0.3, -0.25) is 9.59 Å². The smallest absolute Gasteiger partial charge is 0.242 e. The third kappa shape index (κ3) is 9.66. The van der Waals surface area contributed by atoms with E-state index in [2.05, 4.69) is 26.3 Å². The van der Waals surface area contributed by atoms with Crippen LogP contribution in [-0.4, -0.2) is 42.9 Å². The van der Waals surface area contributed by atoms with Gasteiger partial charge in [0.1, 0.15) is 6.54 Å². The highest BCUT2D eigenvalue weighted by molar-refractivity contribution is 5.88. The molecule has 2 amide bonds. The summed E-state index contributed by atoms with van der Waals surface area (Å²) in [5.41, 5.74) is 1.67. The first-order valence-corrected chi connectivity index (χ1v) is 8.89. The van der Waals surface area contributed by atoms with Gasteiger partial charge in [-0.15, -0.1) is 0 Å². The van der Waals surface area contributed by atoms with Crippen molar-refractivity contribution in [3.8, 4) is 0 Å². The first-order chi connectivity index (χ1) is 12.2. The van der Waals surface area contributed by atoms with Gasteiger partial charge in [0.05, 0.1) is 0 Å². The zero-order valence-electron chi connectivity index (χ0n) is 16.4. The molecule has 1 aromatic carbocycles. The normalized spacial score (nSPS) is 11.7. The van der Waals surface area contributed by atoms with Crippen molar-refractivity contribution < 1.29 is 9.59 Å². The number of nitrogens with zero attached hydrogens (tertiary/aromatic N) is 1. The van der Waals surface area contributed by atoms with Gasteiger partial charge < -0.3 is 21.3 Å². The summed E-state index contributed by atoms with van der Waals surface area (Å²) in [7, 11) is 0. The second kappa shape index (κ2) is 10.4. The summed E-state index contributed by atoms with van der Waals surface area (Å²) in [6, 6.07) is 7.72. The molecule has 0 saturated carbocycles. The summed E-state index contributed by atoms with van der Waals surface area (Å²) in [5, 5.41) is 12.0. The lowest BCUT2D eigenvalue weighted by Crippen LogP contribution is -2.43. The molecular weight excluding hydrogens is 330 g/mol. The highest BCUT2D eigenvalue weighted by Crippen LogP contribution is 2.09. The number of aliphatic imine (C=N–C) groups is 1. The van der Waals surface area contributed by atoms with Crippen molar-refractivity contribution in [2.75, 3.05) is 25.0 Å². The van der Waals surface area contributed by atoms with Crippen molar-refractivity contribution in [2.24, 2.45) is 4.99 Å². The summed E-state index contributed by atoms with van der Waals surface area (Å²) >= 11 is 0. The fraction of sp³-hybridized carbons (Fsp3) is 0.526. The first-order valence-electron chi connectivity index (χ1n) is 8.89. The van der Waals surface area contributed by atoms with Gasteiger partial charge in [0, 0.05) is 31.2 Å². The second-order valence-electron chi connectivity index (χ2n) is 7.05. The second-order valence-corrected chi connectivity index (χ2v) is 7.05. The fourth-order valence-electron chi connectivity index (χ4n) is 2.23. The molecule has 7 nitrogen and oxygen atoms in total. The molecule has 0 saturated heterocycles. The molecule has 1 rings (SSSR count). The van der Waals surface area contributed by atoms with Crippen LogP contribution in [0.15, 0.2) is 29.3 Å². The average Bonchev–Trinajstić information content (AvgIpc) is 2.52. The molecular formula is C19H31N5O2. The molecule has 26 heavy (non-hydrogen) atoms. The number of anilines is 1. The highest BCUT2D eigenvalue weighted by Gasteiger charge is 2.13. The minimum absolute atomic E-state index is 0.0814. The fourth-order valence-corrected chi connectivity index (χ4v) is 2.23. The van der Waals surface area contributed by atoms with Crippen LogP contribution in [0.25, 0.3) is 0 Å². The van der Waals surface area contributed by atoms with Crippen LogP contribution >= 0.6 is 0 Å². The van der Waals surface area contributed by atoms with Crippen molar-refractivity contribution in [2.45, 2.75) is 46.6 Å². The maximum atomic E-state index is 11.9. The number of carbonyl (C=O) groups excluding carboxylic acids is 2. The topological polar surface area (TPSA) is 94.6 Å². The molecule has 0 aromatic heterocycles. The predicted octanol–water partition coefficient (Wildman–Crippen LogP) is 1.66. The molecule has 0 aliphatic rings. The van der Waals surface area contributed by atoms with Gasteiger partial charge in [0.2, 0.25) is 11.8 Å². The zero-order chi connectivity index (χ0) is 19.6. The molecule has 4 N–H and O–H groups in total. The minimum Gasteiger partial charge on any atom is -0.357 e. The van der Waals surface area contributed by atoms with E-state index in [0.717, 1.165) is 24.2 Å². The van der Waals surface area contributed by atoms with E-state index in [1.807, 2.05) is 52.0 Å². The molecule has 0 unspecified atom stereocenters. The van der Waals surface area contributed by atoms with E-state index >= 15 is 0 Å². The molecule has 0 aliphatic carbocycles. The molecule has 0 atom stereocenters. The number of benzene rings is 1. The van der Waals surface area contributed by atoms with Crippen LogP contribution in [0.3, 0.4) is 0 Å². The van der Waals surface area contributed by atoms with Crippen molar-refractivity contribution in [1.29, 1.82) is 0 Å². The largest absolute Gasteiger partial charge is 0.357 e. The number of carbonyl (C=O) groups is 2. The molecule has 0 spiro atoms. The number of hydrogen-bond acceptors (Lipinski definition) is 3. The Balaban J connectivity index is 2.48. The quantitative estimate of drug-likeness (QED) is 0.439. The number of hydrogen-bond donors (Lipinski definition) is 4. The Morgan fingerprint density at radius 2 is 1.73 bits per heavy atom. The van der Waals surface area contributed by atoms with E-state index in [4.69, 9.17) is 0 Å². The number of nitrogens with one attached hydrogen (secondary N) is 4. The van der Waals surface area contributed by atoms with Crippen LogP contribution in [0.4, 0.5) is 5.69 Å². The van der Waals surface area contributed by atoms with Crippen molar-refractivity contribution in [1.82, 2.24) is 16.0 Å². The van der Waals surface area contributed by atoms with Gasteiger partial charge in [-0.05, 0) is 51.8 Å². The van der Waals surface area contributed by atoms with Crippen LogP contribution < -0.4 is 21.3 Å². The molecule has 144 valence electrons. The van der Waals surface area contributed by atoms with Crippen LogP contribution in [0.5, 0.6) is 0 Å². The number of amides is 2. The maximum absolute atomic E-state index is 11.9. The standard InChI is InChI=1S/C19H31N5O2/c1-6-20-18(22-13-17(26)24-19(3,4)5)21-12-11-15-7-9-16(10-8-15)23-14(2)25/h7-10H,6,11-13H2,1-5H3,(H,23,25)(H,24,26)(H2,20,21,22). The predicted molar refractivity (Wildman–Crippen MR) is 106 cm³/mol. The van der Waals surface area contributed by atoms with Crippen LogP contribution in [0, 0.1) is 0 Å². The van der Waals surface area contributed by atoms with E-state index < -0.39 is 0 Å². The third-order valence-electron chi connectivity index (χ3n) is 3.22. The lowest BCUT2D eigenvalue weighted by Gasteiger charge is -2.20. The summed E-state index contributed by atoms with van der Waals surface area (Å²) in [6.45, 7) is 10.8. The van der Waals surface area contributed by atoms with Crippen LogP contribution in [0.1, 0.15) is 40.2 Å². The average molecular weight is 361 g/mol. The first kappa shape index (κ1) is 21.5. The van der Waals surface area contributed by atoms with Gasteiger partial charge in [-0.2, -0.15) is 0 Å². The maximum Gasteiger partial charge on any atom is 0.242 e. The Morgan fingerprint density at radius 1 is 1.08 bits per heavy atom. The Kier molecular flexibility index (Phi) is 8.61. The van der Waals surface area contributed by atoms with Crippen LogP contribution in [-0.2, 0) is 16.0 Å². The van der Waals surface area contributed by atoms with Gasteiger partial charge in [0.25, 0.3) is 0 Å². The zero-order valence-corrected chi connectivity index (χ0v) is 16.4. The summed E-state index contributed by atoms with van der Waals surface area (Å²) in [5.74, 6) is 0.427. The van der Waals surface area contributed by atoms with E-state index in [1.165, 1.54) is 6.92 Å². The van der Waals surface area contributed by atoms with Gasteiger partial charge in [-0.1, -0.05) is 12.1 Å². The van der Waals surface area contributed by atoms with Gasteiger partial charge >= 0.3 is 0 Å². The molecule has 7 heteroatoms. The lowest BCUT2D eigenvalue weighted by molar-refractivity contribution is -0.121. The van der Waals surface area contributed by atoms with Crippen molar-refractivity contribution in [3.05, 3.63) is 29.8 Å². The number of guanidine groups is 1. The SMILES string of the molecule is CCNC(=NCC(=O)NC(C)(C)C)NCCc1ccc(NC(C)=O)cc1. The van der Waals surface area contributed by atoms with Gasteiger partial charge in [0.15, 0.2) is 5.96 Å². The Hall–Kier alpha value is -2.57. The van der Waals surface area contributed by atoms with E-state index in [1.54, 1.807) is 0 Å². The third-order valence-corrected chi connectivity index (χ3v) is 3.22. The molecule has 0 fully saturated rings. The number of rotatable bonds is 7. The monoisotopic (exact) mass is 361 g/mol. The minimum atomic E-state index is -0.262. The van der Waals surface area contributed by atoms with E-state index in [9.17, 15) is 9.59 Å². The van der Waals surface area contributed by atoms with Crippen molar-refractivity contribution in [3.63, 3.8) is 0 Å². The molecule has 0 heterocycles. The molecule has 0 aliphatic heterocycles. The highest BCUT2D eigenvalue weighted by atomic mass is 16.2. The molecule has 1 aromatic rings. The summed E-state index contributed by atoms with van der Waals surface area (Å²) < 4.78 is 0. The van der Waals surface area contributed by atoms with Crippen molar-refractivity contribution >= 4 is 23.5 Å².